The van der Waals surface area contributed by atoms with E-state index in [9.17, 15) is 9.59 Å². The maximum absolute atomic E-state index is 11.6. The molecule has 0 saturated carbocycles. The normalized spacial score (nSPS) is 12.9. The van der Waals surface area contributed by atoms with Crippen molar-refractivity contribution in [1.29, 1.82) is 0 Å². The van der Waals surface area contributed by atoms with Gasteiger partial charge in [0.05, 0.1) is 0 Å². The molecular weight excluding hydrogens is 232 g/mol. The Morgan fingerprint density at radius 2 is 1.94 bits per heavy atom. The highest BCUT2D eigenvalue weighted by molar-refractivity contribution is 5.74. The summed E-state index contributed by atoms with van der Waals surface area (Å²) in [5, 5.41) is 14.2. The summed E-state index contributed by atoms with van der Waals surface area (Å²) < 4.78 is 0. The molecule has 0 aromatic rings. The van der Waals surface area contributed by atoms with E-state index in [-0.39, 0.29) is 23.9 Å². The molecule has 0 heterocycles. The molecule has 0 bridgehead atoms. The second kappa shape index (κ2) is 7.95. The van der Waals surface area contributed by atoms with Crippen molar-refractivity contribution in [3.63, 3.8) is 0 Å². The predicted molar refractivity (Wildman–Crippen MR) is 71.6 cm³/mol. The predicted octanol–water partition coefficient (Wildman–Crippen LogP) is 2.37. The van der Waals surface area contributed by atoms with Crippen LogP contribution in [-0.4, -0.2) is 29.2 Å². The molecule has 0 rings (SSSR count). The van der Waals surface area contributed by atoms with Gasteiger partial charge in [-0.2, -0.15) is 0 Å². The van der Waals surface area contributed by atoms with Crippen LogP contribution in [-0.2, 0) is 4.79 Å². The van der Waals surface area contributed by atoms with E-state index in [2.05, 4.69) is 17.6 Å². The van der Waals surface area contributed by atoms with Crippen molar-refractivity contribution in [2.45, 2.75) is 58.9 Å². The van der Waals surface area contributed by atoms with Crippen molar-refractivity contribution in [3.05, 3.63) is 0 Å². The van der Waals surface area contributed by atoms with E-state index < -0.39 is 5.97 Å². The van der Waals surface area contributed by atoms with Crippen LogP contribution in [0.15, 0.2) is 0 Å². The summed E-state index contributed by atoms with van der Waals surface area (Å²) >= 11 is 0. The summed E-state index contributed by atoms with van der Waals surface area (Å²) in [6.45, 7) is 8.49. The monoisotopic (exact) mass is 258 g/mol. The van der Waals surface area contributed by atoms with Crippen LogP contribution in [0.25, 0.3) is 0 Å². The van der Waals surface area contributed by atoms with Crippen LogP contribution in [0.3, 0.4) is 0 Å². The Bertz CT molecular complexity index is 277. The summed E-state index contributed by atoms with van der Waals surface area (Å²) in [5.74, 6) is -0.628. The molecule has 0 saturated heterocycles. The zero-order chi connectivity index (χ0) is 14.2. The van der Waals surface area contributed by atoms with Crippen LogP contribution < -0.4 is 10.6 Å². The smallest absolute Gasteiger partial charge is 0.315 e. The quantitative estimate of drug-likeness (QED) is 0.625. The summed E-state index contributed by atoms with van der Waals surface area (Å²) in [6, 6.07) is -0.185. The Morgan fingerprint density at radius 1 is 1.33 bits per heavy atom. The van der Waals surface area contributed by atoms with Crippen molar-refractivity contribution in [1.82, 2.24) is 10.6 Å². The molecule has 0 aliphatic rings. The van der Waals surface area contributed by atoms with Crippen molar-refractivity contribution in [3.8, 4) is 0 Å². The molecule has 106 valence electrons. The lowest BCUT2D eigenvalue weighted by Gasteiger charge is -2.26. The van der Waals surface area contributed by atoms with Gasteiger partial charge in [-0.15, -0.1) is 0 Å². The summed E-state index contributed by atoms with van der Waals surface area (Å²) in [5.41, 5.74) is -0.205. The van der Waals surface area contributed by atoms with Gasteiger partial charge in [-0.05, 0) is 32.6 Å². The van der Waals surface area contributed by atoms with Gasteiger partial charge < -0.3 is 15.7 Å². The van der Waals surface area contributed by atoms with Crippen molar-refractivity contribution in [2.75, 3.05) is 6.54 Å². The highest BCUT2D eigenvalue weighted by Gasteiger charge is 2.19. The summed E-state index contributed by atoms with van der Waals surface area (Å²) in [6.07, 6.45) is 2.66. The molecule has 18 heavy (non-hydrogen) atoms. The Morgan fingerprint density at radius 3 is 2.44 bits per heavy atom. The lowest BCUT2D eigenvalue weighted by molar-refractivity contribution is -0.137. The lowest BCUT2D eigenvalue weighted by Crippen LogP contribution is -2.49. The van der Waals surface area contributed by atoms with E-state index in [1.54, 1.807) is 0 Å². The topological polar surface area (TPSA) is 78.4 Å². The van der Waals surface area contributed by atoms with Crippen molar-refractivity contribution in [2.24, 2.45) is 5.92 Å². The summed E-state index contributed by atoms with van der Waals surface area (Å²) in [7, 11) is 0. The highest BCUT2D eigenvalue weighted by Crippen LogP contribution is 2.10. The van der Waals surface area contributed by atoms with Crippen LogP contribution in [0.2, 0.25) is 0 Å². The van der Waals surface area contributed by atoms with Crippen LogP contribution in [0.1, 0.15) is 53.4 Å². The SMILES string of the molecule is CCCC(C)(C)NC(=O)NCC(C)CCC(=O)O. The van der Waals surface area contributed by atoms with E-state index in [1.165, 1.54) is 0 Å². The second-order valence-corrected chi connectivity index (χ2v) is 5.51. The highest BCUT2D eigenvalue weighted by atomic mass is 16.4. The first-order valence-corrected chi connectivity index (χ1v) is 6.54. The molecule has 0 aliphatic carbocycles. The Kier molecular flexibility index (Phi) is 7.39. The molecule has 3 N–H and O–H groups in total. The average molecular weight is 258 g/mol. The number of amides is 2. The molecule has 5 nitrogen and oxygen atoms in total. The standard InChI is InChI=1S/C13H26N2O3/c1-5-8-13(3,4)15-12(18)14-9-10(2)6-7-11(16)17/h10H,5-9H2,1-4H3,(H,16,17)(H2,14,15,18). The van der Waals surface area contributed by atoms with Crippen LogP contribution in [0.5, 0.6) is 0 Å². The minimum absolute atomic E-state index is 0.145. The van der Waals surface area contributed by atoms with Gasteiger partial charge in [0.2, 0.25) is 0 Å². The van der Waals surface area contributed by atoms with Gasteiger partial charge in [0.1, 0.15) is 0 Å². The third-order valence-electron chi connectivity index (χ3n) is 2.79. The first kappa shape index (κ1) is 16.7. The Hall–Kier alpha value is -1.26. The molecule has 0 aromatic heterocycles. The first-order valence-electron chi connectivity index (χ1n) is 6.54. The molecule has 1 atom stereocenters. The number of carboxylic acids is 1. The van der Waals surface area contributed by atoms with E-state index in [0.717, 1.165) is 12.8 Å². The average Bonchev–Trinajstić information content (AvgIpc) is 2.22. The number of nitrogens with one attached hydrogen (secondary N) is 2. The molecule has 5 heteroatoms. The molecule has 1 unspecified atom stereocenters. The fourth-order valence-electron chi connectivity index (χ4n) is 1.78. The van der Waals surface area contributed by atoms with Gasteiger partial charge in [0.15, 0.2) is 0 Å². The molecule has 0 radical (unpaired) electrons. The zero-order valence-corrected chi connectivity index (χ0v) is 11.9. The number of hydrogen-bond donors (Lipinski definition) is 3. The van der Waals surface area contributed by atoms with E-state index in [1.807, 2.05) is 20.8 Å². The summed E-state index contributed by atoms with van der Waals surface area (Å²) in [4.78, 5) is 22.0. The van der Waals surface area contributed by atoms with Crippen molar-refractivity contribution < 1.29 is 14.7 Å². The maximum atomic E-state index is 11.6. The number of carboxylic acid groups (broad SMARTS) is 1. The Balaban J connectivity index is 3.85. The number of carbonyl (C=O) groups is 2. The zero-order valence-electron chi connectivity index (χ0n) is 11.9. The minimum Gasteiger partial charge on any atom is -0.481 e. The van der Waals surface area contributed by atoms with Gasteiger partial charge in [-0.1, -0.05) is 20.3 Å². The molecule has 0 spiro atoms. The molecule has 0 fully saturated rings. The molecule has 0 aliphatic heterocycles. The Labute approximate surface area is 109 Å². The third kappa shape index (κ3) is 8.84. The molecule has 2 amide bonds. The second-order valence-electron chi connectivity index (χ2n) is 5.51. The maximum Gasteiger partial charge on any atom is 0.315 e. The molecular formula is C13H26N2O3. The van der Waals surface area contributed by atoms with Gasteiger partial charge in [-0.25, -0.2) is 4.79 Å². The number of carbonyl (C=O) groups excluding carboxylic acids is 1. The van der Waals surface area contributed by atoms with Crippen LogP contribution in [0.4, 0.5) is 4.79 Å². The number of aliphatic carboxylic acids is 1. The van der Waals surface area contributed by atoms with Crippen molar-refractivity contribution >= 4 is 12.0 Å². The fourth-order valence-corrected chi connectivity index (χ4v) is 1.78. The van der Waals surface area contributed by atoms with Gasteiger partial charge in [0, 0.05) is 18.5 Å². The van der Waals surface area contributed by atoms with Gasteiger partial charge in [0.25, 0.3) is 0 Å². The van der Waals surface area contributed by atoms with Crippen LogP contribution in [0, 0.1) is 5.92 Å². The fraction of sp³-hybridized carbons (Fsp3) is 0.846. The minimum atomic E-state index is -0.796. The number of hydrogen-bond acceptors (Lipinski definition) is 2. The number of rotatable bonds is 8. The number of urea groups is 1. The van der Waals surface area contributed by atoms with Gasteiger partial charge in [-0.3, -0.25) is 4.79 Å². The van der Waals surface area contributed by atoms with Crippen LogP contribution >= 0.6 is 0 Å². The third-order valence-corrected chi connectivity index (χ3v) is 2.79. The van der Waals surface area contributed by atoms with E-state index in [4.69, 9.17) is 5.11 Å². The molecule has 0 aromatic carbocycles. The largest absolute Gasteiger partial charge is 0.481 e. The van der Waals surface area contributed by atoms with E-state index in [0.29, 0.717) is 13.0 Å². The lowest BCUT2D eigenvalue weighted by atomic mass is 9.99. The van der Waals surface area contributed by atoms with E-state index >= 15 is 0 Å². The van der Waals surface area contributed by atoms with Gasteiger partial charge >= 0.3 is 12.0 Å². The first-order chi connectivity index (χ1) is 8.26.